The second-order valence-corrected chi connectivity index (χ2v) is 11.2. The number of hydrogen-bond acceptors (Lipinski definition) is 10. The summed E-state index contributed by atoms with van der Waals surface area (Å²) in [5.74, 6) is -0.755. The molecule has 250 valence electrons. The number of unbranched alkanes of at least 4 members (excludes halogenated alkanes) is 6. The molecule has 11 heteroatoms. The second-order valence-electron chi connectivity index (χ2n) is 11.2. The van der Waals surface area contributed by atoms with E-state index < -0.39 is 74.2 Å². The first-order valence-corrected chi connectivity index (χ1v) is 15.9. The third kappa shape index (κ3) is 15.8. The van der Waals surface area contributed by atoms with Gasteiger partial charge in [0, 0.05) is 0 Å². The Labute approximate surface area is 256 Å². The van der Waals surface area contributed by atoms with Gasteiger partial charge in [-0.1, -0.05) is 62.6 Å². The van der Waals surface area contributed by atoms with Crippen LogP contribution in [0.4, 0.5) is 0 Å². The van der Waals surface area contributed by atoms with Gasteiger partial charge in [0.1, 0.15) is 36.6 Å². The van der Waals surface area contributed by atoms with Gasteiger partial charge in [-0.3, -0.25) is 4.79 Å². The van der Waals surface area contributed by atoms with Crippen molar-refractivity contribution in [1.82, 2.24) is 5.32 Å². The van der Waals surface area contributed by atoms with Gasteiger partial charge in [0.05, 0.1) is 25.4 Å². The van der Waals surface area contributed by atoms with Gasteiger partial charge in [0.15, 0.2) is 6.29 Å². The molecule has 1 aliphatic heterocycles. The van der Waals surface area contributed by atoms with Gasteiger partial charge in [-0.15, -0.1) is 0 Å². The summed E-state index contributed by atoms with van der Waals surface area (Å²) in [7, 11) is 0. The van der Waals surface area contributed by atoms with Gasteiger partial charge in [-0.25, -0.2) is 0 Å². The maximum absolute atomic E-state index is 12.8. The van der Waals surface area contributed by atoms with Crippen LogP contribution in [-0.2, 0) is 14.3 Å². The molecule has 11 nitrogen and oxygen atoms in total. The van der Waals surface area contributed by atoms with Crippen molar-refractivity contribution in [3.63, 3.8) is 0 Å². The normalized spacial score (nSPS) is 25.8. The summed E-state index contributed by atoms with van der Waals surface area (Å²) >= 11 is 0. The molecular weight excluding hydrogens is 558 g/mol. The third-order valence-electron chi connectivity index (χ3n) is 7.50. The molecule has 0 bridgehead atoms. The van der Waals surface area contributed by atoms with Gasteiger partial charge < -0.3 is 50.5 Å². The maximum atomic E-state index is 12.8. The summed E-state index contributed by atoms with van der Waals surface area (Å²) < 4.78 is 10.9. The molecule has 43 heavy (non-hydrogen) atoms. The Morgan fingerprint density at radius 3 is 2.16 bits per heavy atom. The van der Waals surface area contributed by atoms with E-state index in [2.05, 4.69) is 24.4 Å². The van der Waals surface area contributed by atoms with Crippen LogP contribution in [0.2, 0.25) is 0 Å². The summed E-state index contributed by atoms with van der Waals surface area (Å²) in [6.45, 7) is 3.02. The van der Waals surface area contributed by atoms with Gasteiger partial charge in [0.2, 0.25) is 5.91 Å². The molecule has 0 aromatic carbocycles. The third-order valence-corrected chi connectivity index (χ3v) is 7.50. The predicted octanol–water partition coefficient (Wildman–Crippen LogP) is 1.76. The lowest BCUT2D eigenvalue weighted by Crippen LogP contribution is -2.60. The highest BCUT2D eigenvalue weighted by Gasteiger charge is 2.44. The summed E-state index contributed by atoms with van der Waals surface area (Å²) in [5.41, 5.74) is 0. The monoisotopic (exact) mass is 615 g/mol. The fourth-order valence-corrected chi connectivity index (χ4v) is 4.70. The Morgan fingerprint density at radius 1 is 0.837 bits per heavy atom. The van der Waals surface area contributed by atoms with Crippen LogP contribution in [0.15, 0.2) is 36.5 Å². The molecular formula is C32H57NO10. The number of aliphatic hydroxyl groups excluding tert-OH is 7. The standard InChI is InChI=1S/C32H57NO10/c1-3-5-7-9-11-13-15-17-19-24(35)27(37)23(22-42-32-30(40)29(39)28(38)26(21-34)43-32)33-31(41)25(36)20-18-16-14-12-10-8-6-4-2/h3,5,11,13-14,16,23-30,32,34-40H,4,6-10,12,15,17-22H2,1-2H3,(H,33,41)/b5-3+,13-11+,16-14-. The van der Waals surface area contributed by atoms with E-state index in [1.165, 1.54) is 19.3 Å². The van der Waals surface area contributed by atoms with E-state index in [-0.39, 0.29) is 12.8 Å². The number of carbonyl (C=O) groups is 1. The number of hydrogen-bond donors (Lipinski definition) is 8. The average molecular weight is 616 g/mol. The van der Waals surface area contributed by atoms with Crippen LogP contribution in [0.25, 0.3) is 0 Å². The molecule has 0 radical (unpaired) electrons. The lowest BCUT2D eigenvalue weighted by molar-refractivity contribution is -0.303. The molecule has 8 N–H and O–H groups in total. The number of rotatable bonds is 23. The molecule has 9 atom stereocenters. The van der Waals surface area contributed by atoms with E-state index in [1.807, 2.05) is 31.2 Å². The average Bonchev–Trinajstić information content (AvgIpc) is 3.00. The number of nitrogens with one attached hydrogen (secondary N) is 1. The molecule has 1 amide bonds. The minimum atomic E-state index is -1.67. The zero-order valence-corrected chi connectivity index (χ0v) is 25.9. The van der Waals surface area contributed by atoms with E-state index in [1.54, 1.807) is 0 Å². The molecule has 0 spiro atoms. The zero-order valence-electron chi connectivity index (χ0n) is 25.9. The summed E-state index contributed by atoms with van der Waals surface area (Å²) in [4.78, 5) is 12.8. The molecule has 1 rings (SSSR count). The van der Waals surface area contributed by atoms with E-state index >= 15 is 0 Å². The van der Waals surface area contributed by atoms with Gasteiger partial charge in [-0.2, -0.15) is 0 Å². The zero-order chi connectivity index (χ0) is 32.0. The summed E-state index contributed by atoms with van der Waals surface area (Å²) in [6.07, 6.45) is 10.0. The highest BCUT2D eigenvalue weighted by molar-refractivity contribution is 5.80. The van der Waals surface area contributed by atoms with Crippen molar-refractivity contribution in [3.8, 4) is 0 Å². The number of allylic oxidation sites excluding steroid dienone is 6. The van der Waals surface area contributed by atoms with Crippen molar-refractivity contribution in [3.05, 3.63) is 36.5 Å². The Hall–Kier alpha value is -1.67. The quantitative estimate of drug-likeness (QED) is 0.0621. The maximum Gasteiger partial charge on any atom is 0.249 e. The number of aliphatic hydroxyl groups is 7. The van der Waals surface area contributed by atoms with E-state index in [9.17, 15) is 40.5 Å². The van der Waals surface area contributed by atoms with E-state index in [0.29, 0.717) is 19.3 Å². The predicted molar refractivity (Wildman–Crippen MR) is 164 cm³/mol. The summed E-state index contributed by atoms with van der Waals surface area (Å²) in [6, 6.07) is -1.20. The van der Waals surface area contributed by atoms with Gasteiger partial charge >= 0.3 is 0 Å². The SMILES string of the molecule is C/C=C/CC/C=C/CCCC(O)C(O)C(COC1OC(CO)C(O)C(O)C1O)NC(=O)C(O)CC/C=C\CCCCCC. The topological polar surface area (TPSA) is 189 Å². The van der Waals surface area contributed by atoms with Gasteiger partial charge in [-0.05, 0) is 64.7 Å². The Balaban J connectivity index is 2.75. The molecule has 0 aromatic rings. The van der Waals surface area contributed by atoms with E-state index in [0.717, 1.165) is 25.7 Å². The van der Waals surface area contributed by atoms with Crippen molar-refractivity contribution in [2.75, 3.05) is 13.2 Å². The molecule has 1 heterocycles. The lowest BCUT2D eigenvalue weighted by atomic mass is 9.99. The molecule has 0 aromatic heterocycles. The van der Waals surface area contributed by atoms with Crippen LogP contribution in [0, 0.1) is 0 Å². The first kappa shape index (κ1) is 39.4. The van der Waals surface area contributed by atoms with Crippen LogP contribution in [0.5, 0.6) is 0 Å². The number of amides is 1. The second kappa shape index (κ2) is 23.7. The van der Waals surface area contributed by atoms with Crippen molar-refractivity contribution >= 4 is 5.91 Å². The smallest absolute Gasteiger partial charge is 0.249 e. The van der Waals surface area contributed by atoms with Crippen molar-refractivity contribution in [2.45, 2.75) is 146 Å². The Morgan fingerprint density at radius 2 is 1.49 bits per heavy atom. The van der Waals surface area contributed by atoms with Crippen LogP contribution < -0.4 is 5.32 Å². The van der Waals surface area contributed by atoms with Crippen molar-refractivity contribution in [1.29, 1.82) is 0 Å². The van der Waals surface area contributed by atoms with Crippen molar-refractivity contribution in [2.24, 2.45) is 0 Å². The molecule has 1 saturated heterocycles. The Kier molecular flexibility index (Phi) is 21.7. The van der Waals surface area contributed by atoms with Crippen LogP contribution in [0.3, 0.4) is 0 Å². The van der Waals surface area contributed by atoms with Crippen molar-refractivity contribution < 1.29 is 50.0 Å². The van der Waals surface area contributed by atoms with Crippen LogP contribution in [0.1, 0.15) is 90.9 Å². The highest BCUT2D eigenvalue weighted by Crippen LogP contribution is 2.22. The molecule has 1 fully saturated rings. The minimum Gasteiger partial charge on any atom is -0.394 e. The first-order chi connectivity index (χ1) is 20.7. The minimum absolute atomic E-state index is 0.163. The highest BCUT2D eigenvalue weighted by atomic mass is 16.7. The van der Waals surface area contributed by atoms with E-state index in [4.69, 9.17) is 9.47 Å². The number of carbonyl (C=O) groups excluding carboxylic acids is 1. The fraction of sp³-hybridized carbons (Fsp3) is 0.781. The molecule has 9 unspecified atom stereocenters. The largest absolute Gasteiger partial charge is 0.394 e. The molecule has 0 saturated carbocycles. The van der Waals surface area contributed by atoms with Crippen LogP contribution in [-0.4, -0.2) is 110 Å². The van der Waals surface area contributed by atoms with Crippen LogP contribution >= 0.6 is 0 Å². The fourth-order valence-electron chi connectivity index (χ4n) is 4.70. The Bertz CT molecular complexity index is 805. The molecule has 0 aliphatic carbocycles. The first-order valence-electron chi connectivity index (χ1n) is 15.9. The molecule has 1 aliphatic rings. The summed E-state index contributed by atoms with van der Waals surface area (Å²) in [5, 5.41) is 74.4. The number of ether oxygens (including phenoxy) is 2. The van der Waals surface area contributed by atoms with Gasteiger partial charge in [0.25, 0.3) is 0 Å². The lowest BCUT2D eigenvalue weighted by Gasteiger charge is -2.40.